The molecule has 0 amide bonds. The highest BCUT2D eigenvalue weighted by Gasteiger charge is 2.20. The molecule has 2 heterocycles. The van der Waals surface area contributed by atoms with E-state index in [1.54, 1.807) is 30.5 Å². The highest BCUT2D eigenvalue weighted by Crippen LogP contribution is 2.30. The summed E-state index contributed by atoms with van der Waals surface area (Å²) in [4.78, 5) is 10.9. The summed E-state index contributed by atoms with van der Waals surface area (Å²) in [5, 5.41) is 20.3. The van der Waals surface area contributed by atoms with Gasteiger partial charge >= 0.3 is 0 Å². The lowest BCUT2D eigenvalue weighted by molar-refractivity contribution is 0.153. The molecule has 0 radical (unpaired) electrons. The van der Waals surface area contributed by atoms with Gasteiger partial charge in [0.2, 0.25) is 5.95 Å². The third kappa shape index (κ3) is 3.00. The molecule has 0 spiro atoms. The number of benzene rings is 2. The normalized spacial score (nSPS) is 17.8. The van der Waals surface area contributed by atoms with Crippen LogP contribution in [0.1, 0.15) is 12.8 Å². The van der Waals surface area contributed by atoms with Crippen LogP contribution < -0.4 is 4.90 Å². The minimum Gasteiger partial charge on any atom is -0.505 e. The third-order valence-corrected chi connectivity index (χ3v) is 4.54. The number of aliphatic hydroxyl groups is 1. The maximum Gasteiger partial charge on any atom is 0.225 e. The van der Waals surface area contributed by atoms with Gasteiger partial charge in [0, 0.05) is 30.2 Å². The highest BCUT2D eigenvalue weighted by atomic mass is 19.1. The molecule has 4 rings (SSSR count). The Bertz CT molecular complexity index is 932. The Morgan fingerprint density at radius 3 is 2.92 bits per heavy atom. The maximum atomic E-state index is 14.2. The van der Waals surface area contributed by atoms with Crippen molar-refractivity contribution in [2.24, 2.45) is 0 Å². The molecule has 2 aromatic carbocycles. The molecule has 128 valence electrons. The van der Waals surface area contributed by atoms with Gasteiger partial charge in [-0.15, -0.1) is 0 Å². The van der Waals surface area contributed by atoms with E-state index in [0.29, 0.717) is 29.1 Å². The fourth-order valence-electron chi connectivity index (χ4n) is 3.21. The molecular weight excluding hydrogens is 321 g/mol. The molecule has 2 N–H and O–H groups in total. The molecule has 0 aliphatic carbocycles. The smallest absolute Gasteiger partial charge is 0.225 e. The minimum atomic E-state index is -0.643. The number of rotatable bonds is 2. The minimum absolute atomic E-state index is 0.329. The number of phenols is 1. The number of aromatic nitrogens is 2. The lowest BCUT2D eigenvalue weighted by Gasteiger charge is -2.30. The lowest BCUT2D eigenvalue weighted by atomic mass is 10.0. The van der Waals surface area contributed by atoms with Gasteiger partial charge in [-0.05, 0) is 30.5 Å². The zero-order valence-electron chi connectivity index (χ0n) is 13.6. The van der Waals surface area contributed by atoms with Crippen LogP contribution in [0.15, 0.2) is 42.6 Å². The Kier molecular flexibility index (Phi) is 3.97. The molecule has 1 aliphatic heterocycles. The quantitative estimate of drug-likeness (QED) is 0.751. The summed E-state index contributed by atoms with van der Waals surface area (Å²) in [6.07, 6.45) is 3.07. The molecule has 0 unspecified atom stereocenters. The molecular formula is C19H18FN3O2. The van der Waals surface area contributed by atoms with Crippen LogP contribution in [0, 0.1) is 5.82 Å². The molecule has 1 aromatic heterocycles. The van der Waals surface area contributed by atoms with Gasteiger partial charge in [0.25, 0.3) is 0 Å². The van der Waals surface area contributed by atoms with Crippen molar-refractivity contribution in [2.75, 3.05) is 18.0 Å². The molecule has 6 heteroatoms. The van der Waals surface area contributed by atoms with Crippen LogP contribution in [0.5, 0.6) is 5.75 Å². The van der Waals surface area contributed by atoms with Crippen LogP contribution in [0.4, 0.5) is 10.3 Å². The zero-order valence-corrected chi connectivity index (χ0v) is 13.6. The molecule has 1 saturated heterocycles. The average molecular weight is 339 g/mol. The molecule has 3 aromatic rings. The van der Waals surface area contributed by atoms with E-state index in [0.717, 1.165) is 24.8 Å². The monoisotopic (exact) mass is 339 g/mol. The average Bonchev–Trinajstić information content (AvgIpc) is 2.63. The summed E-state index contributed by atoms with van der Waals surface area (Å²) in [5.41, 5.74) is 1.67. The Balaban J connectivity index is 1.75. The van der Waals surface area contributed by atoms with Crippen LogP contribution in [0.25, 0.3) is 22.0 Å². The fraction of sp³-hybridized carbons (Fsp3) is 0.263. The number of aliphatic hydroxyl groups excluding tert-OH is 1. The third-order valence-electron chi connectivity index (χ3n) is 4.54. The second kappa shape index (κ2) is 6.29. The van der Waals surface area contributed by atoms with Gasteiger partial charge in [-0.3, -0.25) is 0 Å². The van der Waals surface area contributed by atoms with Crippen molar-refractivity contribution in [2.45, 2.75) is 18.9 Å². The number of halogens is 1. The van der Waals surface area contributed by atoms with Gasteiger partial charge < -0.3 is 15.1 Å². The van der Waals surface area contributed by atoms with Gasteiger partial charge in [-0.1, -0.05) is 24.3 Å². The van der Waals surface area contributed by atoms with Gasteiger partial charge in [-0.25, -0.2) is 14.4 Å². The van der Waals surface area contributed by atoms with Crippen LogP contribution in [0.3, 0.4) is 0 Å². The Labute approximate surface area is 144 Å². The number of hydrogen-bond acceptors (Lipinski definition) is 5. The van der Waals surface area contributed by atoms with E-state index in [-0.39, 0.29) is 11.9 Å². The highest BCUT2D eigenvalue weighted by molar-refractivity contribution is 5.84. The molecule has 25 heavy (non-hydrogen) atoms. The molecule has 1 fully saturated rings. The van der Waals surface area contributed by atoms with Crippen LogP contribution in [-0.2, 0) is 0 Å². The molecule has 0 bridgehead atoms. The van der Waals surface area contributed by atoms with Crippen molar-refractivity contribution in [3.63, 3.8) is 0 Å². The number of β-amino-alcohol motifs (C(OH)–C–C–N with tert-alkyl or cyclic N) is 1. The van der Waals surface area contributed by atoms with E-state index in [9.17, 15) is 14.6 Å². The van der Waals surface area contributed by atoms with Gasteiger partial charge in [-0.2, -0.15) is 0 Å². The van der Waals surface area contributed by atoms with Crippen molar-refractivity contribution in [3.05, 3.63) is 48.4 Å². The molecule has 5 nitrogen and oxygen atoms in total. The van der Waals surface area contributed by atoms with Crippen molar-refractivity contribution >= 4 is 16.9 Å². The van der Waals surface area contributed by atoms with E-state index < -0.39 is 5.82 Å². The van der Waals surface area contributed by atoms with E-state index in [1.165, 1.54) is 6.07 Å². The summed E-state index contributed by atoms with van der Waals surface area (Å²) in [5.74, 6) is -0.446. The molecule has 1 aliphatic rings. The molecule has 1 atom stereocenters. The van der Waals surface area contributed by atoms with Crippen molar-refractivity contribution in [1.29, 1.82) is 0 Å². The maximum absolute atomic E-state index is 14.2. The number of piperidine rings is 1. The first-order valence-electron chi connectivity index (χ1n) is 8.29. The Morgan fingerprint density at radius 1 is 1.20 bits per heavy atom. The number of anilines is 1. The number of hydrogen-bond donors (Lipinski definition) is 2. The standard InChI is InChI=1S/C19H18FN3O2/c20-18-15(4-1-5-17(18)25)12-6-7-13-10-21-19(22-16(13)9-12)23-8-2-3-14(24)11-23/h1,4-7,9-10,14,24-25H,2-3,8,11H2/t14-/m1/s1. The number of aromatic hydroxyl groups is 1. The lowest BCUT2D eigenvalue weighted by Crippen LogP contribution is -2.39. The topological polar surface area (TPSA) is 69.5 Å². The number of phenolic OH excluding ortho intramolecular Hbond substituents is 1. The summed E-state index contributed by atoms with van der Waals surface area (Å²) in [6, 6.07) is 9.97. The first-order chi connectivity index (χ1) is 12.1. The van der Waals surface area contributed by atoms with Gasteiger partial charge in [0.15, 0.2) is 11.6 Å². The SMILES string of the molecule is Oc1cccc(-c2ccc3cnc(N4CCC[C@@H](O)C4)nc3c2)c1F. The predicted molar refractivity (Wildman–Crippen MR) is 94.1 cm³/mol. The fourth-order valence-corrected chi connectivity index (χ4v) is 3.21. The Hall–Kier alpha value is -2.73. The zero-order chi connectivity index (χ0) is 17.4. The second-order valence-corrected chi connectivity index (χ2v) is 6.32. The number of fused-ring (bicyclic) bond motifs is 1. The van der Waals surface area contributed by atoms with E-state index in [4.69, 9.17) is 0 Å². The first kappa shape index (κ1) is 15.8. The predicted octanol–water partition coefficient (Wildman–Crippen LogP) is 3.10. The van der Waals surface area contributed by atoms with Crippen molar-refractivity contribution in [1.82, 2.24) is 9.97 Å². The van der Waals surface area contributed by atoms with Gasteiger partial charge in [0.1, 0.15) is 0 Å². The van der Waals surface area contributed by atoms with Crippen molar-refractivity contribution in [3.8, 4) is 16.9 Å². The van der Waals surface area contributed by atoms with Crippen LogP contribution >= 0.6 is 0 Å². The van der Waals surface area contributed by atoms with Crippen molar-refractivity contribution < 1.29 is 14.6 Å². The summed E-state index contributed by atoms with van der Waals surface area (Å²) < 4.78 is 14.2. The largest absolute Gasteiger partial charge is 0.505 e. The summed E-state index contributed by atoms with van der Waals surface area (Å²) >= 11 is 0. The van der Waals surface area contributed by atoms with E-state index in [2.05, 4.69) is 9.97 Å². The van der Waals surface area contributed by atoms with Crippen LogP contribution in [0.2, 0.25) is 0 Å². The van der Waals surface area contributed by atoms with Crippen LogP contribution in [-0.4, -0.2) is 39.4 Å². The second-order valence-electron chi connectivity index (χ2n) is 6.32. The number of nitrogens with zero attached hydrogens (tertiary/aromatic N) is 3. The molecule has 0 saturated carbocycles. The Morgan fingerprint density at radius 2 is 2.08 bits per heavy atom. The van der Waals surface area contributed by atoms with Gasteiger partial charge in [0.05, 0.1) is 11.6 Å². The summed E-state index contributed by atoms with van der Waals surface area (Å²) in [7, 11) is 0. The summed E-state index contributed by atoms with van der Waals surface area (Å²) in [6.45, 7) is 1.33. The first-order valence-corrected chi connectivity index (χ1v) is 8.29. The van der Waals surface area contributed by atoms with E-state index >= 15 is 0 Å². The van der Waals surface area contributed by atoms with E-state index in [1.807, 2.05) is 11.0 Å².